The number of ether oxygens (including phenoxy) is 2. The van der Waals surface area contributed by atoms with Gasteiger partial charge in [-0.1, -0.05) is 19.4 Å². The van der Waals surface area contributed by atoms with E-state index in [0.29, 0.717) is 26.1 Å². The molecule has 9 nitrogen and oxygen atoms in total. The maximum absolute atomic E-state index is 14.6. The van der Waals surface area contributed by atoms with Crippen molar-refractivity contribution in [3.05, 3.63) is 0 Å². The number of amides is 2. The zero-order chi connectivity index (χ0) is 30.1. The van der Waals surface area contributed by atoms with Gasteiger partial charge in [-0.2, -0.15) is 5.26 Å². The molecule has 3 aliphatic heterocycles. The van der Waals surface area contributed by atoms with Crippen LogP contribution in [0.1, 0.15) is 51.9 Å². The summed E-state index contributed by atoms with van der Waals surface area (Å²) in [5.74, 6) is -2.05. The van der Waals surface area contributed by atoms with Gasteiger partial charge in [0.2, 0.25) is 11.8 Å². The number of morpholine rings is 1. The molecule has 4 rings (SSSR count). The van der Waals surface area contributed by atoms with Crippen molar-refractivity contribution < 1.29 is 42.9 Å². The highest BCUT2D eigenvalue weighted by Crippen LogP contribution is 3.01. The second-order valence-corrected chi connectivity index (χ2v) is 14.3. The number of halogens is 6. The lowest BCUT2D eigenvalue weighted by atomic mass is 9.84. The van der Waals surface area contributed by atoms with Crippen LogP contribution >= 0.6 is 10.2 Å². The third-order valence-electron chi connectivity index (χ3n) is 8.71. The summed E-state index contributed by atoms with van der Waals surface area (Å²) >= 11 is 0. The molecule has 0 bridgehead atoms. The zero-order valence-electron chi connectivity index (χ0n) is 23.0. The quantitative estimate of drug-likeness (QED) is 0.331. The highest BCUT2D eigenvalue weighted by molar-refractivity contribution is 8.46. The molecule has 0 radical (unpaired) electrons. The Kier molecular flexibility index (Phi) is 9.05. The first-order valence-corrected chi connectivity index (χ1v) is 16.2. The number of alkyl halides is 1. The Morgan fingerprint density at radius 3 is 2.29 bits per heavy atom. The lowest BCUT2D eigenvalue weighted by molar-refractivity contribution is -0.158. The fourth-order valence-electron chi connectivity index (χ4n) is 6.59. The topological polar surface area (TPSA) is 107 Å². The number of hydrogen-bond donors (Lipinski definition) is 2. The molecule has 41 heavy (non-hydrogen) atoms. The molecule has 16 heteroatoms. The van der Waals surface area contributed by atoms with Gasteiger partial charge in [0.05, 0.1) is 24.5 Å². The second kappa shape index (κ2) is 11.6. The standard InChI is InChI=1S/C25H39F6N5O4S/c1-16-22(35(15-32)8-11-40-16)25(38)36(20-2-4-21(5-3-20)41(27,28,29,30)31)23(17-12-18(26)14-33-13-17)24(37)34-19-6-9-39-10-7-19/h16-23,33H,2-14H2,1H3,(H,34,37)/t16-,17?,18?,20?,21?,22+,23?/m0/s1. The van der Waals surface area contributed by atoms with E-state index in [1.807, 2.05) is 6.19 Å². The molecule has 0 aromatic carbocycles. The Balaban J connectivity index is 1.71. The molecule has 2 amide bonds. The zero-order valence-corrected chi connectivity index (χ0v) is 23.8. The summed E-state index contributed by atoms with van der Waals surface area (Å²) in [4.78, 5) is 30.7. The number of carbonyl (C=O) groups is 2. The van der Waals surface area contributed by atoms with E-state index < -0.39 is 89.3 Å². The fourth-order valence-corrected chi connectivity index (χ4v) is 7.75. The molecular weight excluding hydrogens is 580 g/mol. The van der Waals surface area contributed by atoms with Crippen LogP contribution in [-0.4, -0.2) is 103 Å². The summed E-state index contributed by atoms with van der Waals surface area (Å²) in [7, 11) is -9.78. The van der Waals surface area contributed by atoms with Crippen LogP contribution in [0.4, 0.5) is 23.8 Å². The van der Waals surface area contributed by atoms with Crippen molar-refractivity contribution in [3.63, 3.8) is 0 Å². The second-order valence-electron chi connectivity index (χ2n) is 11.6. The third kappa shape index (κ3) is 7.71. The molecule has 3 heterocycles. The number of carbonyl (C=O) groups excluding carboxylic acids is 2. The average molecular weight is 620 g/mol. The molecule has 2 N–H and O–H groups in total. The van der Waals surface area contributed by atoms with Gasteiger partial charge in [0, 0.05) is 44.3 Å². The number of rotatable bonds is 7. The highest BCUT2D eigenvalue weighted by Gasteiger charge is 2.70. The van der Waals surface area contributed by atoms with Gasteiger partial charge >= 0.3 is 0 Å². The van der Waals surface area contributed by atoms with Gasteiger partial charge in [-0.25, -0.2) is 4.39 Å². The summed E-state index contributed by atoms with van der Waals surface area (Å²) in [6.07, 6.45) is -1.90. The van der Waals surface area contributed by atoms with Crippen molar-refractivity contribution in [2.75, 3.05) is 39.5 Å². The van der Waals surface area contributed by atoms with Crippen LogP contribution in [-0.2, 0) is 19.1 Å². The van der Waals surface area contributed by atoms with E-state index in [-0.39, 0.29) is 38.7 Å². The van der Waals surface area contributed by atoms with Crippen LogP contribution in [0.25, 0.3) is 0 Å². The Morgan fingerprint density at radius 1 is 1.05 bits per heavy atom. The van der Waals surface area contributed by atoms with Crippen molar-refractivity contribution in [2.45, 2.75) is 93.6 Å². The van der Waals surface area contributed by atoms with Gasteiger partial charge in [0.1, 0.15) is 18.3 Å². The number of nitrogens with zero attached hydrogens (tertiary/aromatic N) is 3. The van der Waals surface area contributed by atoms with Crippen molar-refractivity contribution in [1.29, 1.82) is 5.26 Å². The first kappa shape index (κ1) is 32.0. The Labute approximate surface area is 236 Å². The van der Waals surface area contributed by atoms with Gasteiger partial charge < -0.3 is 25.0 Å². The van der Waals surface area contributed by atoms with Crippen LogP contribution in [0.15, 0.2) is 0 Å². The monoisotopic (exact) mass is 619 g/mol. The molecule has 1 saturated carbocycles. The van der Waals surface area contributed by atoms with Crippen LogP contribution in [0, 0.1) is 17.4 Å². The number of nitrogens with one attached hydrogen (secondary N) is 2. The van der Waals surface area contributed by atoms with Crippen LogP contribution < -0.4 is 10.6 Å². The van der Waals surface area contributed by atoms with E-state index in [1.54, 1.807) is 6.92 Å². The Bertz CT molecular complexity index is 1000. The predicted molar refractivity (Wildman–Crippen MR) is 139 cm³/mol. The average Bonchev–Trinajstić information content (AvgIpc) is 2.90. The molecule has 0 aromatic heterocycles. The van der Waals surface area contributed by atoms with Crippen LogP contribution in [0.2, 0.25) is 0 Å². The fraction of sp³-hybridized carbons (Fsp3) is 0.880. The van der Waals surface area contributed by atoms with Gasteiger partial charge in [0.15, 0.2) is 6.19 Å². The third-order valence-corrected chi connectivity index (χ3v) is 10.4. The molecule has 3 saturated heterocycles. The summed E-state index contributed by atoms with van der Waals surface area (Å²) in [5.41, 5.74) is 0. The summed E-state index contributed by atoms with van der Waals surface area (Å²) < 4.78 is 93.8. The molecule has 0 aromatic rings. The Hall–Kier alpha value is -1.96. The van der Waals surface area contributed by atoms with Gasteiger partial charge in [0.25, 0.3) is 10.2 Å². The number of piperidine rings is 1. The molecule has 1 aliphatic carbocycles. The summed E-state index contributed by atoms with van der Waals surface area (Å²) in [5, 5.41) is 12.8. The van der Waals surface area contributed by atoms with Crippen molar-refractivity contribution in [1.82, 2.24) is 20.4 Å². The van der Waals surface area contributed by atoms with Crippen LogP contribution in [0.5, 0.6) is 0 Å². The normalized spacial score (nSPS) is 34.4. The summed E-state index contributed by atoms with van der Waals surface area (Å²) in [6, 6.07) is -3.77. The SMILES string of the molecule is C[C@@H]1OCCN(C#N)[C@H]1C(=O)N(C1CCC(S(F)(F)(F)(F)F)CC1)C(C(=O)NC1CCOCC1)C1CNCC(F)C1. The van der Waals surface area contributed by atoms with Gasteiger partial charge in [-0.3, -0.25) is 14.5 Å². The number of nitriles is 1. The first-order valence-electron chi connectivity index (χ1n) is 14.1. The van der Waals surface area contributed by atoms with Gasteiger partial charge in [-0.15, -0.1) is 0 Å². The maximum Gasteiger partial charge on any atom is 0.288 e. The minimum Gasteiger partial charge on any atom is -0.381 e. The first-order chi connectivity index (χ1) is 19.1. The van der Waals surface area contributed by atoms with E-state index in [9.17, 15) is 38.7 Å². The highest BCUT2D eigenvalue weighted by atomic mass is 32.5. The lowest BCUT2D eigenvalue weighted by Crippen LogP contribution is -2.66. The molecule has 4 aliphatic rings. The molecular formula is C25H39F6N5O4S. The van der Waals surface area contributed by atoms with Crippen molar-refractivity contribution in [3.8, 4) is 6.19 Å². The van der Waals surface area contributed by atoms with Crippen LogP contribution in [0.3, 0.4) is 0 Å². The van der Waals surface area contributed by atoms with Crippen molar-refractivity contribution >= 4 is 22.0 Å². The maximum atomic E-state index is 14.6. The van der Waals surface area contributed by atoms with E-state index in [2.05, 4.69) is 10.6 Å². The van der Waals surface area contributed by atoms with E-state index >= 15 is 0 Å². The van der Waals surface area contributed by atoms with E-state index in [4.69, 9.17) is 9.47 Å². The summed E-state index contributed by atoms with van der Waals surface area (Å²) in [6.45, 7) is 2.84. The largest absolute Gasteiger partial charge is 0.381 e. The molecule has 0 spiro atoms. The minimum atomic E-state index is -9.78. The number of hydrogen-bond acceptors (Lipinski definition) is 7. The molecule has 236 valence electrons. The lowest BCUT2D eigenvalue weighted by Gasteiger charge is -2.52. The predicted octanol–water partition coefficient (Wildman–Crippen LogP) is 3.61. The molecule has 5 atom stereocenters. The van der Waals surface area contributed by atoms with Crippen molar-refractivity contribution in [2.24, 2.45) is 5.92 Å². The van der Waals surface area contributed by atoms with E-state index in [1.165, 1.54) is 9.80 Å². The smallest absolute Gasteiger partial charge is 0.288 e. The minimum absolute atomic E-state index is 0.0451. The van der Waals surface area contributed by atoms with Gasteiger partial charge in [-0.05, 0) is 51.9 Å². The Morgan fingerprint density at radius 2 is 1.71 bits per heavy atom. The van der Waals surface area contributed by atoms with E-state index in [0.717, 1.165) is 0 Å². The molecule has 4 fully saturated rings. The molecule has 3 unspecified atom stereocenters.